The van der Waals surface area contributed by atoms with Crippen LogP contribution in [0.25, 0.3) is 0 Å². The Balaban J connectivity index is 0. The van der Waals surface area contributed by atoms with Crippen molar-refractivity contribution < 1.29 is 25.1 Å². The zero-order chi connectivity index (χ0) is 4.41. The van der Waals surface area contributed by atoms with Gasteiger partial charge in [-0.2, -0.15) is 0 Å². The zero-order valence-electron chi connectivity index (χ0n) is 5.74. The third-order valence-corrected chi connectivity index (χ3v) is 1.16. The van der Waals surface area contributed by atoms with Crippen LogP contribution in [0.1, 0.15) is 27.1 Å². The maximum absolute atomic E-state index is 10.2. The van der Waals surface area contributed by atoms with Crippen molar-refractivity contribution in [3.8, 4) is 0 Å². The Kier molecular flexibility index (Phi) is 3.42. The summed E-state index contributed by atoms with van der Waals surface area (Å²) in [6.45, 7) is 0. The third-order valence-electron chi connectivity index (χ3n) is 1.16. The van der Waals surface area contributed by atoms with E-state index < -0.39 is 0 Å². The van der Waals surface area contributed by atoms with Gasteiger partial charge in [0, 0.05) is 12.8 Å². The van der Waals surface area contributed by atoms with Crippen molar-refractivity contribution >= 4 is 5.78 Å². The second-order valence-electron chi connectivity index (χ2n) is 1.75. The molecule has 0 spiro atoms. The van der Waals surface area contributed by atoms with Crippen molar-refractivity contribution in [3.63, 3.8) is 0 Å². The van der Waals surface area contributed by atoms with Crippen LogP contribution in [0.2, 0.25) is 0 Å². The second kappa shape index (κ2) is 3.29. The fourth-order valence-corrected chi connectivity index (χ4v) is 0.769. The van der Waals surface area contributed by atoms with E-state index in [-0.39, 0.29) is 20.3 Å². The maximum atomic E-state index is 10.2. The van der Waals surface area contributed by atoms with Gasteiger partial charge in [-0.3, -0.25) is 4.79 Å². The smallest absolute Gasteiger partial charge is 1.00 e. The second-order valence-corrected chi connectivity index (χ2v) is 1.75. The van der Waals surface area contributed by atoms with Crippen molar-refractivity contribution in [2.45, 2.75) is 25.7 Å². The molecule has 0 bridgehead atoms. The number of Topliss-reactive ketones (excluding diaryl/α,β-unsaturated/α-hetero) is 1. The summed E-state index contributed by atoms with van der Waals surface area (Å²) in [6, 6.07) is 0. The summed E-state index contributed by atoms with van der Waals surface area (Å²) in [5.41, 5.74) is 0. The summed E-state index contributed by atoms with van der Waals surface area (Å²) >= 11 is 0. The van der Waals surface area contributed by atoms with Gasteiger partial charge in [-0.25, -0.2) is 0 Å². The van der Waals surface area contributed by atoms with Crippen LogP contribution in [-0.2, 0) is 4.79 Å². The fourth-order valence-electron chi connectivity index (χ4n) is 0.769. The van der Waals surface area contributed by atoms with Crippen molar-refractivity contribution in [1.29, 1.82) is 0 Å². The summed E-state index contributed by atoms with van der Waals surface area (Å²) in [5, 5.41) is 0. The van der Waals surface area contributed by atoms with Crippen molar-refractivity contribution in [2.75, 3.05) is 0 Å². The Morgan fingerprint density at radius 2 is 1.71 bits per heavy atom. The molecule has 1 saturated carbocycles. The Labute approximate surface area is 57.1 Å². The van der Waals surface area contributed by atoms with Crippen LogP contribution < -0.4 is 18.9 Å². The van der Waals surface area contributed by atoms with E-state index in [1.807, 2.05) is 0 Å². The molecule has 0 aromatic carbocycles. The van der Waals surface area contributed by atoms with E-state index in [4.69, 9.17) is 0 Å². The van der Waals surface area contributed by atoms with Crippen LogP contribution in [-0.4, -0.2) is 5.78 Å². The maximum Gasteiger partial charge on any atom is 1.00 e. The van der Waals surface area contributed by atoms with Gasteiger partial charge >= 0.3 is 18.9 Å². The molecular weight excluding hydrogens is 83.0 g/mol. The van der Waals surface area contributed by atoms with Gasteiger partial charge in [-0.15, -0.1) is 0 Å². The normalized spacial score (nSPS) is 19.1. The minimum atomic E-state index is 0. The standard InChI is InChI=1S/C5H8O.Li.H/c6-5-3-1-2-4-5;;/h1-4H2;;/q;+1;-1. The fraction of sp³-hybridized carbons (Fsp3) is 0.800. The molecule has 7 heavy (non-hydrogen) atoms. The predicted octanol–water partition coefficient (Wildman–Crippen LogP) is -1.75. The molecule has 0 amide bonds. The Morgan fingerprint density at radius 3 is 1.86 bits per heavy atom. The molecule has 0 saturated heterocycles. The van der Waals surface area contributed by atoms with Gasteiger partial charge < -0.3 is 1.43 Å². The van der Waals surface area contributed by atoms with E-state index >= 15 is 0 Å². The van der Waals surface area contributed by atoms with E-state index in [1.54, 1.807) is 0 Å². The number of rotatable bonds is 0. The first-order valence-electron chi connectivity index (χ1n) is 2.41. The summed E-state index contributed by atoms with van der Waals surface area (Å²) < 4.78 is 0. The van der Waals surface area contributed by atoms with Crippen LogP contribution in [0.5, 0.6) is 0 Å². The van der Waals surface area contributed by atoms with Crippen LogP contribution in [0.4, 0.5) is 0 Å². The van der Waals surface area contributed by atoms with Gasteiger partial charge in [0.2, 0.25) is 0 Å². The monoisotopic (exact) mass is 92.1 g/mol. The van der Waals surface area contributed by atoms with Crippen LogP contribution in [0.3, 0.4) is 0 Å². The predicted molar refractivity (Wildman–Crippen MR) is 24.6 cm³/mol. The average molecular weight is 92.1 g/mol. The molecule has 1 aliphatic carbocycles. The van der Waals surface area contributed by atoms with Gasteiger partial charge in [-0.05, 0) is 12.8 Å². The summed E-state index contributed by atoms with van der Waals surface area (Å²) in [4.78, 5) is 10.2. The Hall–Kier alpha value is 0.267. The summed E-state index contributed by atoms with van der Waals surface area (Å²) in [5.74, 6) is 0.454. The van der Waals surface area contributed by atoms with Gasteiger partial charge in [0.05, 0.1) is 0 Å². The molecule has 0 radical (unpaired) electrons. The zero-order valence-corrected chi connectivity index (χ0v) is 4.74. The van der Waals surface area contributed by atoms with E-state index in [1.165, 1.54) is 0 Å². The Bertz CT molecular complexity index is 66.8. The topological polar surface area (TPSA) is 17.1 Å². The molecule has 0 unspecified atom stereocenters. The van der Waals surface area contributed by atoms with Gasteiger partial charge in [0.25, 0.3) is 0 Å². The van der Waals surface area contributed by atoms with Crippen molar-refractivity contribution in [3.05, 3.63) is 0 Å². The number of carbonyl (C=O) groups is 1. The molecule has 0 aromatic rings. The molecule has 0 heterocycles. The molecule has 1 nitrogen and oxygen atoms in total. The van der Waals surface area contributed by atoms with Crippen LogP contribution in [0, 0.1) is 0 Å². The van der Waals surface area contributed by atoms with Crippen LogP contribution >= 0.6 is 0 Å². The van der Waals surface area contributed by atoms with E-state index in [9.17, 15) is 4.79 Å². The van der Waals surface area contributed by atoms with Crippen molar-refractivity contribution in [2.24, 2.45) is 0 Å². The SMILES string of the molecule is O=C1CCCC1.[H-].[Li+]. The average Bonchev–Trinajstić information content (AvgIpc) is 1.86. The molecular formula is C5H9LiO. The first-order chi connectivity index (χ1) is 2.89. The first-order valence-corrected chi connectivity index (χ1v) is 2.41. The Morgan fingerprint density at radius 1 is 1.29 bits per heavy atom. The molecule has 2 heteroatoms. The van der Waals surface area contributed by atoms with Gasteiger partial charge in [-0.1, -0.05) is 0 Å². The number of ketones is 1. The van der Waals surface area contributed by atoms with E-state index in [0.717, 1.165) is 25.7 Å². The largest absolute Gasteiger partial charge is 1.00 e. The molecule has 0 atom stereocenters. The third kappa shape index (κ3) is 2.16. The minimum absolute atomic E-state index is 0. The summed E-state index contributed by atoms with van der Waals surface area (Å²) in [7, 11) is 0. The molecule has 1 rings (SSSR count). The molecule has 0 aromatic heterocycles. The minimum Gasteiger partial charge on any atom is -1.00 e. The quantitative estimate of drug-likeness (QED) is 0.324. The number of hydrogen-bond donors (Lipinski definition) is 0. The van der Waals surface area contributed by atoms with Crippen LogP contribution in [0.15, 0.2) is 0 Å². The van der Waals surface area contributed by atoms with E-state index in [0.29, 0.717) is 5.78 Å². The number of carbonyl (C=O) groups excluding carboxylic acids is 1. The first kappa shape index (κ1) is 7.27. The molecule has 1 fully saturated rings. The number of hydrogen-bond acceptors (Lipinski definition) is 1. The van der Waals surface area contributed by atoms with Crippen molar-refractivity contribution in [1.82, 2.24) is 0 Å². The molecule has 36 valence electrons. The van der Waals surface area contributed by atoms with Gasteiger partial charge in [0.15, 0.2) is 0 Å². The summed E-state index contributed by atoms with van der Waals surface area (Å²) in [6.07, 6.45) is 3.97. The molecule has 1 aliphatic rings. The molecule has 0 N–H and O–H groups in total. The molecule has 0 aliphatic heterocycles. The van der Waals surface area contributed by atoms with Gasteiger partial charge in [0.1, 0.15) is 5.78 Å². The van der Waals surface area contributed by atoms with E-state index in [2.05, 4.69) is 0 Å².